The number of rotatable bonds is 6. The van der Waals surface area contributed by atoms with Crippen molar-refractivity contribution in [3.05, 3.63) is 35.9 Å². The molecule has 2 heterocycles. The number of nitrogens with zero attached hydrogens (tertiary/aromatic N) is 2. The van der Waals surface area contributed by atoms with Gasteiger partial charge in [-0.25, -0.2) is 0 Å². The third-order valence-corrected chi connectivity index (χ3v) is 7.77. The molecule has 1 aliphatic carbocycles. The summed E-state index contributed by atoms with van der Waals surface area (Å²) in [5, 5.41) is 10.4. The molecule has 5 nitrogen and oxygen atoms in total. The van der Waals surface area contributed by atoms with Crippen LogP contribution in [0.2, 0.25) is 0 Å². The van der Waals surface area contributed by atoms with Crippen LogP contribution in [0, 0.1) is 5.41 Å². The maximum Gasteiger partial charge on any atom is 0.243 e. The second-order valence-electron chi connectivity index (χ2n) is 9.67. The number of ether oxygens (including phenoxy) is 1. The molecule has 5 heteroatoms. The zero-order valence-corrected chi connectivity index (χ0v) is 18.4. The van der Waals surface area contributed by atoms with Crippen LogP contribution >= 0.6 is 0 Å². The lowest BCUT2D eigenvalue weighted by molar-refractivity contribution is -0.155. The van der Waals surface area contributed by atoms with E-state index in [4.69, 9.17) is 4.74 Å². The summed E-state index contributed by atoms with van der Waals surface area (Å²) in [6, 6.07) is 10.5. The summed E-state index contributed by atoms with van der Waals surface area (Å²) >= 11 is 0. The maximum atomic E-state index is 14.0. The van der Waals surface area contributed by atoms with Crippen molar-refractivity contribution in [2.24, 2.45) is 5.41 Å². The maximum absolute atomic E-state index is 14.0. The van der Waals surface area contributed by atoms with Gasteiger partial charge in [-0.05, 0) is 44.1 Å². The zero-order valence-electron chi connectivity index (χ0n) is 18.4. The van der Waals surface area contributed by atoms with E-state index < -0.39 is 0 Å². The van der Waals surface area contributed by atoms with E-state index in [1.54, 1.807) is 0 Å². The van der Waals surface area contributed by atoms with Crippen molar-refractivity contribution < 1.29 is 14.6 Å². The fourth-order valence-corrected chi connectivity index (χ4v) is 5.94. The summed E-state index contributed by atoms with van der Waals surface area (Å²) in [6.07, 6.45) is 9.32. The quantitative estimate of drug-likeness (QED) is 0.776. The summed E-state index contributed by atoms with van der Waals surface area (Å²) in [5.74, 6) is 0.321. The molecule has 2 saturated heterocycles. The summed E-state index contributed by atoms with van der Waals surface area (Å²) in [5.41, 5.74) is 0.788. The Labute approximate surface area is 181 Å². The van der Waals surface area contributed by atoms with Crippen LogP contribution in [-0.4, -0.2) is 72.4 Å². The smallest absolute Gasteiger partial charge is 0.243 e. The minimum absolute atomic E-state index is 0.161. The van der Waals surface area contributed by atoms with Gasteiger partial charge in [0.2, 0.25) is 5.91 Å². The van der Waals surface area contributed by atoms with Crippen LogP contribution in [0.3, 0.4) is 0 Å². The molecule has 1 aromatic carbocycles. The molecule has 0 radical (unpaired) electrons. The molecule has 1 N–H and O–H groups in total. The summed E-state index contributed by atoms with van der Waals surface area (Å²) in [4.78, 5) is 18.6. The lowest BCUT2D eigenvalue weighted by atomic mass is 9.74. The average Bonchev–Trinajstić information content (AvgIpc) is 2.84. The topological polar surface area (TPSA) is 53.0 Å². The summed E-state index contributed by atoms with van der Waals surface area (Å²) < 4.78 is 5.59. The number of carbonyl (C=O) groups is 1. The van der Waals surface area contributed by atoms with E-state index in [1.165, 1.54) is 12.0 Å². The van der Waals surface area contributed by atoms with Crippen LogP contribution in [0.25, 0.3) is 0 Å². The predicted molar refractivity (Wildman–Crippen MR) is 118 cm³/mol. The van der Waals surface area contributed by atoms with Gasteiger partial charge in [-0.1, -0.05) is 49.6 Å². The molecule has 1 amide bonds. The molecular formula is C25H38N2O3. The van der Waals surface area contributed by atoms with Gasteiger partial charge in [0.05, 0.1) is 19.8 Å². The van der Waals surface area contributed by atoms with E-state index in [1.807, 2.05) is 6.07 Å². The predicted octanol–water partition coefficient (Wildman–Crippen LogP) is 3.26. The van der Waals surface area contributed by atoms with Gasteiger partial charge in [0.1, 0.15) is 5.54 Å². The van der Waals surface area contributed by atoms with E-state index in [0.29, 0.717) is 12.5 Å². The van der Waals surface area contributed by atoms with E-state index in [-0.39, 0.29) is 17.6 Å². The van der Waals surface area contributed by atoms with E-state index in [0.717, 1.165) is 84.2 Å². The van der Waals surface area contributed by atoms with Gasteiger partial charge in [-0.15, -0.1) is 0 Å². The number of morpholine rings is 1. The SMILES string of the molecule is O=C(N1CCC[C@](CO)(CCc2ccccc2)C1)C1(N2CCOCC2)CCCCC1. The summed E-state index contributed by atoms with van der Waals surface area (Å²) in [6.45, 7) is 4.87. The average molecular weight is 415 g/mol. The number of piperidine rings is 1. The highest BCUT2D eigenvalue weighted by atomic mass is 16.5. The van der Waals surface area contributed by atoms with Crippen LogP contribution in [0.4, 0.5) is 0 Å². The number of likely N-dealkylation sites (tertiary alicyclic amines) is 1. The van der Waals surface area contributed by atoms with Crippen molar-refractivity contribution >= 4 is 5.91 Å². The number of hydrogen-bond acceptors (Lipinski definition) is 4. The minimum atomic E-state index is -0.347. The number of carbonyl (C=O) groups excluding carboxylic acids is 1. The third kappa shape index (κ3) is 4.58. The first-order valence-electron chi connectivity index (χ1n) is 11.9. The van der Waals surface area contributed by atoms with Gasteiger partial charge in [0.25, 0.3) is 0 Å². The molecule has 0 unspecified atom stereocenters. The minimum Gasteiger partial charge on any atom is -0.396 e. The van der Waals surface area contributed by atoms with Crippen molar-refractivity contribution in [1.82, 2.24) is 9.80 Å². The Balaban J connectivity index is 1.49. The standard InChI is InChI=1S/C25H38N2O3/c28-21-24(14-10-22-8-3-1-4-9-22)11-7-15-26(20-24)23(29)25(12-5-2-6-13-25)27-16-18-30-19-17-27/h1,3-4,8-9,28H,2,5-7,10-21H2/t24-/m0/s1. The van der Waals surface area contributed by atoms with Crippen molar-refractivity contribution in [3.8, 4) is 0 Å². The molecule has 4 rings (SSSR count). The molecule has 166 valence electrons. The normalized spacial score (nSPS) is 27.7. The lowest BCUT2D eigenvalue weighted by Crippen LogP contribution is -2.64. The first-order chi connectivity index (χ1) is 14.7. The molecular weight excluding hydrogens is 376 g/mol. The van der Waals surface area contributed by atoms with Crippen LogP contribution < -0.4 is 0 Å². The van der Waals surface area contributed by atoms with Crippen molar-refractivity contribution in [1.29, 1.82) is 0 Å². The molecule has 3 aliphatic rings. The van der Waals surface area contributed by atoms with Gasteiger partial charge in [0, 0.05) is 31.6 Å². The molecule has 2 aliphatic heterocycles. The number of aliphatic hydroxyl groups excluding tert-OH is 1. The lowest BCUT2D eigenvalue weighted by Gasteiger charge is -2.51. The van der Waals surface area contributed by atoms with E-state index >= 15 is 0 Å². The second-order valence-corrected chi connectivity index (χ2v) is 9.67. The Hall–Kier alpha value is -1.43. The van der Waals surface area contributed by atoms with Crippen LogP contribution in [0.1, 0.15) is 56.9 Å². The highest BCUT2D eigenvalue weighted by Crippen LogP contribution is 2.40. The Kier molecular flexibility index (Phi) is 7.12. The molecule has 30 heavy (non-hydrogen) atoms. The second kappa shape index (κ2) is 9.80. The third-order valence-electron chi connectivity index (χ3n) is 7.77. The number of aliphatic hydroxyl groups is 1. The van der Waals surface area contributed by atoms with Crippen LogP contribution in [-0.2, 0) is 16.0 Å². The van der Waals surface area contributed by atoms with Gasteiger partial charge >= 0.3 is 0 Å². The molecule has 0 bridgehead atoms. The highest BCUT2D eigenvalue weighted by molar-refractivity contribution is 5.86. The van der Waals surface area contributed by atoms with Crippen LogP contribution in [0.5, 0.6) is 0 Å². The number of hydrogen-bond donors (Lipinski definition) is 1. The fraction of sp³-hybridized carbons (Fsp3) is 0.720. The van der Waals surface area contributed by atoms with Crippen molar-refractivity contribution in [2.45, 2.75) is 63.3 Å². The van der Waals surface area contributed by atoms with Gasteiger partial charge in [-0.3, -0.25) is 9.69 Å². The Morgan fingerprint density at radius 2 is 1.70 bits per heavy atom. The van der Waals surface area contributed by atoms with Crippen molar-refractivity contribution in [2.75, 3.05) is 46.0 Å². The molecule has 1 aromatic rings. The number of amides is 1. The van der Waals surface area contributed by atoms with Gasteiger partial charge < -0.3 is 14.7 Å². The van der Waals surface area contributed by atoms with E-state index in [9.17, 15) is 9.90 Å². The summed E-state index contributed by atoms with van der Waals surface area (Å²) in [7, 11) is 0. The Morgan fingerprint density at radius 1 is 0.967 bits per heavy atom. The molecule has 0 spiro atoms. The van der Waals surface area contributed by atoms with E-state index in [2.05, 4.69) is 34.1 Å². The molecule has 0 aromatic heterocycles. The Morgan fingerprint density at radius 3 is 2.40 bits per heavy atom. The van der Waals surface area contributed by atoms with Gasteiger partial charge in [0.15, 0.2) is 0 Å². The first-order valence-corrected chi connectivity index (χ1v) is 11.9. The zero-order chi connectivity index (χ0) is 20.9. The molecule has 1 saturated carbocycles. The number of aryl methyl sites for hydroxylation is 1. The fourth-order valence-electron chi connectivity index (χ4n) is 5.94. The number of benzene rings is 1. The van der Waals surface area contributed by atoms with Crippen LogP contribution in [0.15, 0.2) is 30.3 Å². The van der Waals surface area contributed by atoms with Crippen molar-refractivity contribution in [3.63, 3.8) is 0 Å². The first kappa shape index (κ1) is 21.8. The molecule has 1 atom stereocenters. The Bertz CT molecular complexity index is 683. The molecule has 3 fully saturated rings. The highest BCUT2D eigenvalue weighted by Gasteiger charge is 2.49. The van der Waals surface area contributed by atoms with Gasteiger partial charge in [-0.2, -0.15) is 0 Å². The largest absolute Gasteiger partial charge is 0.396 e. The monoisotopic (exact) mass is 414 g/mol.